The number of hydrogen-bond donors (Lipinski definition) is 0. The lowest BCUT2D eigenvalue weighted by Gasteiger charge is -2.28. The summed E-state index contributed by atoms with van der Waals surface area (Å²) >= 11 is 0. The fourth-order valence-electron chi connectivity index (χ4n) is 4.90. The number of hydrogen-bond acceptors (Lipinski definition) is 4. The Balaban J connectivity index is 1.64. The van der Waals surface area contributed by atoms with E-state index in [9.17, 15) is 14.4 Å². The quantitative estimate of drug-likeness (QED) is 0.580. The number of likely N-dealkylation sites (tertiary alicyclic amines) is 1. The van der Waals surface area contributed by atoms with Gasteiger partial charge in [-0.25, -0.2) is 0 Å². The molecule has 3 amide bonds. The molecule has 0 aromatic carbocycles. The Bertz CT molecular complexity index is 720. The minimum atomic E-state index is -0.664. The normalized spacial score (nSPS) is 30.2. The molecule has 2 bridgehead atoms. The van der Waals surface area contributed by atoms with Crippen LogP contribution in [-0.2, 0) is 14.4 Å². The van der Waals surface area contributed by atoms with Crippen LogP contribution in [0.1, 0.15) is 38.5 Å². The largest absolute Gasteiger partial charge is 0.467 e. The number of allylic oxidation sites excluding steroid dienone is 2. The number of amides is 3. The van der Waals surface area contributed by atoms with E-state index in [0.29, 0.717) is 18.8 Å². The first-order valence-electron chi connectivity index (χ1n) is 9.43. The third kappa shape index (κ3) is 2.42. The maximum absolute atomic E-state index is 13.1. The Morgan fingerprint density at radius 2 is 1.81 bits per heavy atom. The van der Waals surface area contributed by atoms with Gasteiger partial charge in [-0.2, -0.15) is 0 Å². The second-order valence-electron chi connectivity index (χ2n) is 7.35. The smallest absolute Gasteiger partial charge is 0.234 e. The van der Waals surface area contributed by atoms with Crippen molar-refractivity contribution in [1.29, 1.82) is 0 Å². The molecule has 0 spiro atoms. The lowest BCUT2D eigenvalue weighted by molar-refractivity contribution is -0.145. The van der Waals surface area contributed by atoms with Crippen molar-refractivity contribution in [1.82, 2.24) is 9.80 Å². The monoisotopic (exact) mass is 356 g/mol. The fourth-order valence-corrected chi connectivity index (χ4v) is 4.90. The number of carbonyl (C=O) groups is 3. The van der Waals surface area contributed by atoms with E-state index in [4.69, 9.17) is 4.42 Å². The summed E-state index contributed by atoms with van der Waals surface area (Å²) in [5.41, 5.74) is 0. The van der Waals surface area contributed by atoms with Gasteiger partial charge in [0.1, 0.15) is 11.8 Å². The fraction of sp³-hybridized carbons (Fsp3) is 0.550. The second kappa shape index (κ2) is 6.41. The van der Waals surface area contributed by atoms with Gasteiger partial charge >= 0.3 is 0 Å². The van der Waals surface area contributed by atoms with E-state index in [0.717, 1.165) is 6.42 Å². The number of fused-ring (bicyclic) bond motifs is 5. The minimum Gasteiger partial charge on any atom is -0.467 e. The minimum absolute atomic E-state index is 0.0644. The van der Waals surface area contributed by atoms with Crippen LogP contribution in [0.15, 0.2) is 35.0 Å². The zero-order valence-electron chi connectivity index (χ0n) is 15.1. The van der Waals surface area contributed by atoms with E-state index in [1.807, 2.05) is 13.8 Å². The van der Waals surface area contributed by atoms with Crippen LogP contribution < -0.4 is 0 Å². The molecule has 26 heavy (non-hydrogen) atoms. The van der Waals surface area contributed by atoms with Gasteiger partial charge < -0.3 is 9.32 Å². The molecule has 0 N–H and O–H groups in total. The van der Waals surface area contributed by atoms with Crippen molar-refractivity contribution in [3.05, 3.63) is 36.3 Å². The van der Waals surface area contributed by atoms with Crippen molar-refractivity contribution in [3.8, 4) is 0 Å². The number of furan rings is 1. The van der Waals surface area contributed by atoms with Crippen LogP contribution in [0.2, 0.25) is 0 Å². The van der Waals surface area contributed by atoms with Gasteiger partial charge in [0.15, 0.2) is 0 Å². The van der Waals surface area contributed by atoms with Crippen LogP contribution in [0.4, 0.5) is 0 Å². The molecular formula is C20H24N2O4. The van der Waals surface area contributed by atoms with E-state index in [2.05, 4.69) is 12.2 Å². The summed E-state index contributed by atoms with van der Waals surface area (Å²) in [5.74, 6) is -0.0970. The van der Waals surface area contributed by atoms with Crippen molar-refractivity contribution in [2.75, 3.05) is 13.1 Å². The predicted molar refractivity (Wildman–Crippen MR) is 93.6 cm³/mol. The highest BCUT2D eigenvalue weighted by molar-refractivity contribution is 6.07. The second-order valence-corrected chi connectivity index (χ2v) is 7.35. The Morgan fingerprint density at radius 3 is 2.31 bits per heavy atom. The number of imide groups is 1. The first-order chi connectivity index (χ1) is 12.6. The third-order valence-corrected chi connectivity index (χ3v) is 6.17. The number of rotatable bonds is 6. The van der Waals surface area contributed by atoms with E-state index >= 15 is 0 Å². The average Bonchev–Trinajstić information content (AvgIpc) is 3.39. The van der Waals surface area contributed by atoms with Crippen LogP contribution in [0.3, 0.4) is 0 Å². The summed E-state index contributed by atoms with van der Waals surface area (Å²) in [7, 11) is 0. The summed E-state index contributed by atoms with van der Waals surface area (Å²) < 4.78 is 5.51. The summed E-state index contributed by atoms with van der Waals surface area (Å²) in [4.78, 5) is 42.0. The van der Waals surface area contributed by atoms with Gasteiger partial charge in [-0.1, -0.05) is 12.2 Å². The third-order valence-electron chi connectivity index (χ3n) is 6.17. The molecule has 6 heteroatoms. The van der Waals surface area contributed by atoms with Gasteiger partial charge in [0.05, 0.1) is 24.5 Å². The van der Waals surface area contributed by atoms with Crippen LogP contribution >= 0.6 is 0 Å². The summed E-state index contributed by atoms with van der Waals surface area (Å²) in [6, 6.07) is 2.80. The highest BCUT2D eigenvalue weighted by atomic mass is 16.3. The highest BCUT2D eigenvalue weighted by Crippen LogP contribution is 2.54. The van der Waals surface area contributed by atoms with Crippen molar-refractivity contribution in [2.24, 2.45) is 23.7 Å². The number of nitrogens with zero attached hydrogens (tertiary/aromatic N) is 2. The molecule has 5 unspecified atom stereocenters. The van der Waals surface area contributed by atoms with Crippen molar-refractivity contribution in [2.45, 2.75) is 32.7 Å². The van der Waals surface area contributed by atoms with E-state index in [1.165, 1.54) is 11.2 Å². The highest BCUT2D eigenvalue weighted by Gasteiger charge is 2.60. The molecule has 1 aromatic rings. The van der Waals surface area contributed by atoms with Gasteiger partial charge in [-0.15, -0.1) is 0 Å². The van der Waals surface area contributed by atoms with Crippen molar-refractivity contribution < 1.29 is 18.8 Å². The van der Waals surface area contributed by atoms with Crippen molar-refractivity contribution in [3.63, 3.8) is 0 Å². The van der Waals surface area contributed by atoms with Gasteiger partial charge in [-0.05, 0) is 44.2 Å². The molecule has 1 saturated heterocycles. The SMILES string of the molecule is CCN(CC)C(=O)CC(c1ccco1)N1C(=O)C2C3C=CC(C3)C2C1=O. The lowest BCUT2D eigenvalue weighted by atomic mass is 9.85. The van der Waals surface area contributed by atoms with Gasteiger partial charge in [-0.3, -0.25) is 19.3 Å². The topological polar surface area (TPSA) is 70.8 Å². The van der Waals surface area contributed by atoms with Crippen LogP contribution in [0.5, 0.6) is 0 Å². The van der Waals surface area contributed by atoms with Crippen LogP contribution in [0.25, 0.3) is 0 Å². The standard InChI is InChI=1S/C20H24N2O4/c1-3-21(4-2)16(23)11-14(15-6-5-9-26-15)22-19(24)17-12-7-8-13(10-12)18(17)20(22)25/h5-9,12-14,17-18H,3-4,10-11H2,1-2H3. The Morgan fingerprint density at radius 1 is 1.19 bits per heavy atom. The zero-order chi connectivity index (χ0) is 18.4. The molecule has 1 aliphatic heterocycles. The maximum Gasteiger partial charge on any atom is 0.234 e. The lowest BCUT2D eigenvalue weighted by Crippen LogP contribution is -2.40. The molecule has 5 atom stereocenters. The van der Waals surface area contributed by atoms with E-state index in [-0.39, 0.29) is 47.8 Å². The van der Waals surface area contributed by atoms with Crippen molar-refractivity contribution >= 4 is 17.7 Å². The first-order valence-corrected chi connectivity index (χ1v) is 9.43. The molecule has 2 fully saturated rings. The average molecular weight is 356 g/mol. The van der Waals surface area contributed by atoms with Crippen LogP contribution in [0, 0.1) is 23.7 Å². The molecule has 6 nitrogen and oxygen atoms in total. The molecule has 1 saturated carbocycles. The molecule has 0 radical (unpaired) electrons. The molecule has 1 aromatic heterocycles. The molecule has 4 rings (SSSR count). The molecule has 138 valence electrons. The maximum atomic E-state index is 13.1. The van der Waals surface area contributed by atoms with Crippen LogP contribution in [-0.4, -0.2) is 40.6 Å². The Labute approximate surface area is 152 Å². The number of carbonyl (C=O) groups excluding carboxylic acids is 3. The molecule has 2 heterocycles. The van der Waals surface area contributed by atoms with E-state index < -0.39 is 6.04 Å². The molecule has 2 aliphatic carbocycles. The Kier molecular flexibility index (Phi) is 4.21. The predicted octanol–water partition coefficient (Wildman–Crippen LogP) is 2.39. The van der Waals surface area contributed by atoms with Gasteiger partial charge in [0, 0.05) is 13.1 Å². The van der Waals surface area contributed by atoms with E-state index in [1.54, 1.807) is 17.0 Å². The first kappa shape index (κ1) is 17.1. The summed E-state index contributed by atoms with van der Waals surface area (Å²) in [6.07, 6.45) is 6.62. The summed E-state index contributed by atoms with van der Waals surface area (Å²) in [6.45, 7) is 5.04. The zero-order valence-corrected chi connectivity index (χ0v) is 15.1. The Hall–Kier alpha value is -2.37. The van der Waals surface area contributed by atoms with Gasteiger partial charge in [0.25, 0.3) is 0 Å². The van der Waals surface area contributed by atoms with Gasteiger partial charge in [0.2, 0.25) is 17.7 Å². The molecular weight excluding hydrogens is 332 g/mol. The molecule has 3 aliphatic rings. The summed E-state index contributed by atoms with van der Waals surface area (Å²) in [5, 5.41) is 0.